The highest BCUT2D eigenvalue weighted by molar-refractivity contribution is 7.99. The molecule has 14 heavy (non-hydrogen) atoms. The summed E-state index contributed by atoms with van der Waals surface area (Å²) in [5.74, 6) is 6.99. The molecule has 0 fully saturated rings. The molecule has 0 aliphatic carbocycles. The van der Waals surface area contributed by atoms with Crippen molar-refractivity contribution in [2.75, 3.05) is 5.43 Å². The van der Waals surface area contributed by atoms with Crippen molar-refractivity contribution in [3.63, 3.8) is 0 Å². The van der Waals surface area contributed by atoms with Gasteiger partial charge in [-0.1, -0.05) is 20.8 Å². The standard InChI is InChI=1S/C10H17N3S/c1-10(2,3)14-7-8-4-5-12-9(6-8)13-11/h4-6H,7,11H2,1-3H3,(H,12,13). The Morgan fingerprint density at radius 1 is 1.50 bits per heavy atom. The fraction of sp³-hybridized carbons (Fsp3) is 0.500. The van der Waals surface area contributed by atoms with Gasteiger partial charge in [-0.3, -0.25) is 0 Å². The van der Waals surface area contributed by atoms with E-state index in [0.717, 1.165) is 11.6 Å². The second kappa shape index (κ2) is 4.66. The molecule has 0 bridgehead atoms. The van der Waals surface area contributed by atoms with Gasteiger partial charge in [-0.05, 0) is 17.7 Å². The normalized spacial score (nSPS) is 11.4. The molecule has 78 valence electrons. The summed E-state index contributed by atoms with van der Waals surface area (Å²) in [5, 5.41) is 0. The van der Waals surface area contributed by atoms with Gasteiger partial charge >= 0.3 is 0 Å². The molecule has 1 rings (SSSR count). The average Bonchev–Trinajstić information content (AvgIpc) is 2.14. The van der Waals surface area contributed by atoms with Crippen LogP contribution in [0.2, 0.25) is 0 Å². The lowest BCUT2D eigenvalue weighted by atomic mass is 10.3. The predicted molar refractivity (Wildman–Crippen MR) is 63.1 cm³/mol. The molecule has 0 radical (unpaired) electrons. The fourth-order valence-corrected chi connectivity index (χ4v) is 1.72. The monoisotopic (exact) mass is 211 g/mol. The zero-order valence-corrected chi connectivity index (χ0v) is 9.69. The van der Waals surface area contributed by atoms with E-state index in [1.807, 2.05) is 23.9 Å². The van der Waals surface area contributed by atoms with Gasteiger partial charge in [0.2, 0.25) is 0 Å². The molecule has 0 spiro atoms. The highest BCUT2D eigenvalue weighted by Crippen LogP contribution is 2.27. The van der Waals surface area contributed by atoms with Crippen LogP contribution in [0, 0.1) is 0 Å². The number of anilines is 1. The molecule has 0 saturated heterocycles. The summed E-state index contributed by atoms with van der Waals surface area (Å²) in [6.45, 7) is 6.63. The summed E-state index contributed by atoms with van der Waals surface area (Å²) in [6, 6.07) is 3.98. The maximum atomic E-state index is 5.28. The van der Waals surface area contributed by atoms with E-state index >= 15 is 0 Å². The zero-order valence-electron chi connectivity index (χ0n) is 8.87. The molecular formula is C10H17N3S. The van der Waals surface area contributed by atoms with Crippen molar-refractivity contribution in [3.8, 4) is 0 Å². The van der Waals surface area contributed by atoms with Crippen molar-refractivity contribution >= 4 is 17.6 Å². The Morgan fingerprint density at radius 3 is 2.79 bits per heavy atom. The lowest BCUT2D eigenvalue weighted by molar-refractivity contribution is 0.802. The zero-order chi connectivity index (χ0) is 10.6. The summed E-state index contributed by atoms with van der Waals surface area (Å²) < 4.78 is 0.291. The number of hydrazine groups is 1. The number of nitrogens with two attached hydrogens (primary N) is 1. The molecule has 4 heteroatoms. The summed E-state index contributed by atoms with van der Waals surface area (Å²) in [5.41, 5.74) is 3.79. The van der Waals surface area contributed by atoms with Gasteiger partial charge < -0.3 is 5.43 Å². The van der Waals surface area contributed by atoms with E-state index in [1.54, 1.807) is 6.20 Å². The molecule has 0 aromatic carbocycles. The number of thioether (sulfide) groups is 1. The van der Waals surface area contributed by atoms with E-state index in [0.29, 0.717) is 4.75 Å². The first-order chi connectivity index (χ1) is 6.51. The number of nitrogens with zero attached hydrogens (tertiary/aromatic N) is 1. The number of nitrogen functional groups attached to an aromatic ring is 1. The maximum absolute atomic E-state index is 5.28. The second-order valence-electron chi connectivity index (χ2n) is 4.09. The largest absolute Gasteiger partial charge is 0.308 e. The lowest BCUT2D eigenvalue weighted by Gasteiger charge is -2.17. The lowest BCUT2D eigenvalue weighted by Crippen LogP contribution is -2.09. The van der Waals surface area contributed by atoms with Gasteiger partial charge in [0.25, 0.3) is 0 Å². The average molecular weight is 211 g/mol. The minimum absolute atomic E-state index is 0.291. The van der Waals surface area contributed by atoms with Crippen LogP contribution in [0.3, 0.4) is 0 Å². The Kier molecular flexibility index (Phi) is 3.77. The van der Waals surface area contributed by atoms with E-state index in [2.05, 4.69) is 31.2 Å². The van der Waals surface area contributed by atoms with Gasteiger partial charge in [-0.15, -0.1) is 0 Å². The van der Waals surface area contributed by atoms with Gasteiger partial charge in [0.1, 0.15) is 5.82 Å². The first-order valence-electron chi connectivity index (χ1n) is 4.57. The van der Waals surface area contributed by atoms with Gasteiger partial charge in [0.15, 0.2) is 0 Å². The third-order valence-electron chi connectivity index (χ3n) is 1.64. The topological polar surface area (TPSA) is 50.9 Å². The van der Waals surface area contributed by atoms with Crippen LogP contribution in [0.15, 0.2) is 18.3 Å². The summed E-state index contributed by atoms with van der Waals surface area (Å²) >= 11 is 1.91. The first-order valence-corrected chi connectivity index (χ1v) is 5.55. The Balaban J connectivity index is 2.59. The van der Waals surface area contributed by atoms with E-state index in [9.17, 15) is 0 Å². The Hall–Kier alpha value is -0.740. The molecule has 1 heterocycles. The van der Waals surface area contributed by atoms with Crippen molar-refractivity contribution in [2.24, 2.45) is 5.84 Å². The summed E-state index contributed by atoms with van der Waals surface area (Å²) in [4.78, 5) is 4.06. The van der Waals surface area contributed by atoms with Crippen LogP contribution in [-0.4, -0.2) is 9.73 Å². The predicted octanol–water partition coefficient (Wildman–Crippen LogP) is 2.40. The maximum Gasteiger partial charge on any atom is 0.140 e. The fourth-order valence-electron chi connectivity index (χ4n) is 0.943. The Labute approximate surface area is 89.5 Å². The van der Waals surface area contributed by atoms with Crippen LogP contribution in [-0.2, 0) is 5.75 Å². The molecular weight excluding hydrogens is 194 g/mol. The molecule has 0 aliphatic rings. The van der Waals surface area contributed by atoms with E-state index in [4.69, 9.17) is 5.84 Å². The van der Waals surface area contributed by atoms with Gasteiger partial charge in [0.05, 0.1) is 0 Å². The van der Waals surface area contributed by atoms with Crippen LogP contribution in [0.4, 0.5) is 5.82 Å². The van der Waals surface area contributed by atoms with Crippen molar-refractivity contribution in [1.82, 2.24) is 4.98 Å². The molecule has 1 aromatic heterocycles. The molecule has 0 unspecified atom stereocenters. The highest BCUT2D eigenvalue weighted by Gasteiger charge is 2.10. The van der Waals surface area contributed by atoms with Crippen LogP contribution in [0.5, 0.6) is 0 Å². The minimum atomic E-state index is 0.291. The molecule has 3 N–H and O–H groups in total. The molecule has 0 aliphatic heterocycles. The second-order valence-corrected chi connectivity index (χ2v) is 5.90. The molecule has 0 atom stereocenters. The van der Waals surface area contributed by atoms with Crippen molar-refractivity contribution in [1.29, 1.82) is 0 Å². The first kappa shape index (κ1) is 11.3. The Morgan fingerprint density at radius 2 is 2.21 bits per heavy atom. The van der Waals surface area contributed by atoms with Crippen molar-refractivity contribution in [3.05, 3.63) is 23.9 Å². The Bertz CT molecular complexity index is 294. The third kappa shape index (κ3) is 3.98. The summed E-state index contributed by atoms with van der Waals surface area (Å²) in [6.07, 6.45) is 1.77. The van der Waals surface area contributed by atoms with Crippen LogP contribution < -0.4 is 11.3 Å². The smallest absolute Gasteiger partial charge is 0.140 e. The number of aromatic nitrogens is 1. The van der Waals surface area contributed by atoms with Crippen LogP contribution in [0.1, 0.15) is 26.3 Å². The number of rotatable bonds is 3. The van der Waals surface area contributed by atoms with Gasteiger partial charge in [-0.2, -0.15) is 11.8 Å². The highest BCUT2D eigenvalue weighted by atomic mass is 32.2. The van der Waals surface area contributed by atoms with E-state index < -0.39 is 0 Å². The third-order valence-corrected chi connectivity index (χ3v) is 2.99. The van der Waals surface area contributed by atoms with E-state index in [1.165, 1.54) is 5.56 Å². The van der Waals surface area contributed by atoms with E-state index in [-0.39, 0.29) is 0 Å². The van der Waals surface area contributed by atoms with Crippen LogP contribution >= 0.6 is 11.8 Å². The summed E-state index contributed by atoms with van der Waals surface area (Å²) in [7, 11) is 0. The van der Waals surface area contributed by atoms with Crippen LogP contribution in [0.25, 0.3) is 0 Å². The molecule has 0 amide bonds. The van der Waals surface area contributed by atoms with Crippen molar-refractivity contribution < 1.29 is 0 Å². The number of hydrogen-bond donors (Lipinski definition) is 2. The molecule has 3 nitrogen and oxygen atoms in total. The number of hydrogen-bond acceptors (Lipinski definition) is 4. The quantitative estimate of drug-likeness (QED) is 0.595. The minimum Gasteiger partial charge on any atom is -0.308 e. The SMILES string of the molecule is CC(C)(C)SCc1ccnc(NN)c1. The number of pyridine rings is 1. The number of nitrogens with one attached hydrogen (secondary N) is 1. The van der Waals surface area contributed by atoms with Gasteiger partial charge in [0, 0.05) is 16.7 Å². The molecule has 1 aromatic rings. The van der Waals surface area contributed by atoms with Gasteiger partial charge in [-0.25, -0.2) is 10.8 Å². The van der Waals surface area contributed by atoms with Crippen molar-refractivity contribution in [2.45, 2.75) is 31.3 Å². The molecule has 0 saturated carbocycles.